The van der Waals surface area contributed by atoms with E-state index < -0.39 is 24.2 Å². The number of hydrogen-bond acceptors (Lipinski definition) is 5. The highest BCUT2D eigenvalue weighted by Gasteiger charge is 2.47. The zero-order chi connectivity index (χ0) is 19.7. The monoisotopic (exact) mass is 407 g/mol. The second-order valence-electron chi connectivity index (χ2n) is 6.40. The molecule has 4 rings (SSSR count). The molecule has 28 heavy (non-hydrogen) atoms. The number of anilines is 1. The Bertz CT molecular complexity index is 956. The molecule has 3 aromatic heterocycles. The van der Waals surface area contributed by atoms with Gasteiger partial charge in [0.1, 0.15) is 11.4 Å². The molecule has 6 nitrogen and oxygen atoms in total. The molecule has 2 unspecified atom stereocenters. The van der Waals surface area contributed by atoms with Crippen LogP contribution in [0.4, 0.5) is 19.0 Å². The molecule has 0 saturated carbocycles. The molecule has 3 aromatic rings. The number of amides is 1. The van der Waals surface area contributed by atoms with E-state index in [9.17, 15) is 18.0 Å². The Morgan fingerprint density at radius 3 is 2.86 bits per heavy atom. The van der Waals surface area contributed by atoms with Crippen molar-refractivity contribution in [3.63, 3.8) is 0 Å². The van der Waals surface area contributed by atoms with E-state index in [1.165, 1.54) is 17.5 Å². The van der Waals surface area contributed by atoms with Gasteiger partial charge >= 0.3 is 6.18 Å². The van der Waals surface area contributed by atoms with Gasteiger partial charge in [-0.1, -0.05) is 12.1 Å². The largest absolute Gasteiger partial charge is 0.410 e. The quantitative estimate of drug-likeness (QED) is 0.688. The molecule has 146 valence electrons. The van der Waals surface area contributed by atoms with Crippen LogP contribution in [0.25, 0.3) is 0 Å². The van der Waals surface area contributed by atoms with E-state index in [0.29, 0.717) is 0 Å². The van der Waals surface area contributed by atoms with E-state index in [2.05, 4.69) is 20.7 Å². The van der Waals surface area contributed by atoms with Gasteiger partial charge in [0.05, 0.1) is 12.2 Å². The predicted molar refractivity (Wildman–Crippen MR) is 98.0 cm³/mol. The summed E-state index contributed by atoms with van der Waals surface area (Å²) < 4.78 is 41.7. The third-order valence-corrected chi connectivity index (χ3v) is 5.53. The van der Waals surface area contributed by atoms with Crippen molar-refractivity contribution in [2.24, 2.45) is 0 Å². The van der Waals surface area contributed by atoms with Crippen molar-refractivity contribution in [1.29, 1.82) is 0 Å². The molecule has 0 spiro atoms. The number of hydrogen-bond donors (Lipinski definition) is 2. The fourth-order valence-corrected chi connectivity index (χ4v) is 3.98. The van der Waals surface area contributed by atoms with Gasteiger partial charge in [-0.15, -0.1) is 11.3 Å². The van der Waals surface area contributed by atoms with Crippen LogP contribution >= 0.6 is 11.3 Å². The van der Waals surface area contributed by atoms with E-state index >= 15 is 0 Å². The van der Waals surface area contributed by atoms with Crippen molar-refractivity contribution in [3.8, 4) is 0 Å². The van der Waals surface area contributed by atoms with Gasteiger partial charge in [0, 0.05) is 30.2 Å². The number of fused-ring (bicyclic) bond motifs is 1. The van der Waals surface area contributed by atoms with E-state index in [0.717, 1.165) is 15.1 Å². The van der Waals surface area contributed by atoms with Crippen molar-refractivity contribution in [1.82, 2.24) is 20.1 Å². The Morgan fingerprint density at radius 2 is 2.18 bits per heavy atom. The standard InChI is InChI=1S/C18H16F3N5OS/c19-18(20,21)15-7-13(14-4-2-6-28-14)25-16-12(10-24-26(15)16)17(27)23-9-11-3-1-5-22-8-11/h1-6,8,10,13,15,25H,7,9H2,(H,23,27). The smallest absolute Gasteiger partial charge is 0.362 e. The lowest BCUT2D eigenvalue weighted by Gasteiger charge is -2.33. The summed E-state index contributed by atoms with van der Waals surface area (Å²) in [5.74, 6) is -0.416. The van der Waals surface area contributed by atoms with Crippen LogP contribution in [0.1, 0.15) is 39.3 Å². The number of aromatic nitrogens is 3. The van der Waals surface area contributed by atoms with Crippen molar-refractivity contribution in [3.05, 3.63) is 64.2 Å². The number of thiophene rings is 1. The fraction of sp³-hybridized carbons (Fsp3) is 0.278. The molecule has 0 aliphatic carbocycles. The number of alkyl halides is 3. The first-order valence-electron chi connectivity index (χ1n) is 8.54. The molecule has 0 radical (unpaired) electrons. The van der Waals surface area contributed by atoms with Gasteiger partial charge in [-0.25, -0.2) is 4.68 Å². The van der Waals surface area contributed by atoms with E-state index in [1.54, 1.807) is 36.7 Å². The Kier molecular flexibility index (Phi) is 4.80. The summed E-state index contributed by atoms with van der Waals surface area (Å²) in [4.78, 5) is 17.3. The first-order valence-corrected chi connectivity index (χ1v) is 9.42. The van der Waals surface area contributed by atoms with Gasteiger partial charge in [-0.2, -0.15) is 18.3 Å². The van der Waals surface area contributed by atoms with Crippen LogP contribution in [0.2, 0.25) is 0 Å². The highest BCUT2D eigenvalue weighted by atomic mass is 32.1. The first-order chi connectivity index (χ1) is 13.4. The lowest BCUT2D eigenvalue weighted by Crippen LogP contribution is -2.36. The van der Waals surface area contributed by atoms with Gasteiger partial charge in [-0.05, 0) is 23.1 Å². The number of carbonyl (C=O) groups excluding carboxylic acids is 1. The van der Waals surface area contributed by atoms with Crippen LogP contribution in [-0.4, -0.2) is 26.8 Å². The number of nitrogens with one attached hydrogen (secondary N) is 2. The molecular weight excluding hydrogens is 391 g/mol. The number of halogens is 3. The van der Waals surface area contributed by atoms with Crippen molar-refractivity contribution < 1.29 is 18.0 Å². The maximum Gasteiger partial charge on any atom is 0.410 e. The minimum atomic E-state index is -4.47. The molecule has 10 heteroatoms. The summed E-state index contributed by atoms with van der Waals surface area (Å²) in [5.41, 5.74) is 0.869. The van der Waals surface area contributed by atoms with Gasteiger partial charge in [0.25, 0.3) is 5.91 Å². The predicted octanol–water partition coefficient (Wildman–Crippen LogP) is 3.93. The molecule has 0 aromatic carbocycles. The third-order valence-electron chi connectivity index (χ3n) is 4.55. The summed E-state index contributed by atoms with van der Waals surface area (Å²) in [5, 5.41) is 11.4. The maximum absolute atomic E-state index is 13.6. The molecule has 1 amide bonds. The zero-order valence-corrected chi connectivity index (χ0v) is 15.3. The molecule has 1 aliphatic heterocycles. The van der Waals surface area contributed by atoms with Crippen LogP contribution in [0.3, 0.4) is 0 Å². The Labute approximate surface area is 162 Å². The second-order valence-corrected chi connectivity index (χ2v) is 7.38. The van der Waals surface area contributed by atoms with Crippen molar-refractivity contribution in [2.45, 2.75) is 31.2 Å². The summed E-state index contributed by atoms with van der Waals surface area (Å²) >= 11 is 1.37. The Hall–Kier alpha value is -2.88. The molecule has 4 heterocycles. The molecule has 1 aliphatic rings. The lowest BCUT2D eigenvalue weighted by atomic mass is 10.0. The van der Waals surface area contributed by atoms with Gasteiger partial charge < -0.3 is 10.6 Å². The van der Waals surface area contributed by atoms with E-state index in [1.807, 2.05) is 5.38 Å². The zero-order valence-electron chi connectivity index (χ0n) is 14.5. The van der Waals surface area contributed by atoms with Crippen LogP contribution in [-0.2, 0) is 6.54 Å². The minimum absolute atomic E-state index is 0.0793. The van der Waals surface area contributed by atoms with E-state index in [4.69, 9.17) is 0 Å². The van der Waals surface area contributed by atoms with Crippen molar-refractivity contribution in [2.75, 3.05) is 5.32 Å². The maximum atomic E-state index is 13.6. The number of nitrogens with zero attached hydrogens (tertiary/aromatic N) is 3. The van der Waals surface area contributed by atoms with Crippen LogP contribution < -0.4 is 10.6 Å². The minimum Gasteiger partial charge on any atom is -0.362 e. The fourth-order valence-electron chi connectivity index (χ4n) is 3.19. The van der Waals surface area contributed by atoms with Crippen LogP contribution in [0, 0.1) is 0 Å². The van der Waals surface area contributed by atoms with Gasteiger partial charge in [0.15, 0.2) is 6.04 Å². The Balaban J connectivity index is 1.61. The lowest BCUT2D eigenvalue weighted by molar-refractivity contribution is -0.173. The molecule has 0 bridgehead atoms. The summed E-state index contributed by atoms with van der Waals surface area (Å²) in [6.45, 7) is 0.217. The highest BCUT2D eigenvalue weighted by molar-refractivity contribution is 7.10. The Morgan fingerprint density at radius 1 is 1.32 bits per heavy atom. The number of carbonyl (C=O) groups is 1. The van der Waals surface area contributed by atoms with Gasteiger partial charge in [-0.3, -0.25) is 9.78 Å². The SMILES string of the molecule is O=C(NCc1cccnc1)c1cnn2c1NC(c1cccs1)CC2C(F)(F)F. The summed E-state index contributed by atoms with van der Waals surface area (Å²) in [7, 11) is 0. The number of rotatable bonds is 4. The third kappa shape index (κ3) is 3.59. The highest BCUT2D eigenvalue weighted by Crippen LogP contribution is 2.44. The molecule has 2 atom stereocenters. The second kappa shape index (κ2) is 7.27. The number of pyridine rings is 1. The van der Waals surface area contributed by atoms with Crippen LogP contribution in [0.15, 0.2) is 48.2 Å². The molecule has 2 N–H and O–H groups in total. The average molecular weight is 407 g/mol. The average Bonchev–Trinajstić information content (AvgIpc) is 3.35. The molecular formula is C18H16F3N5OS. The summed E-state index contributed by atoms with van der Waals surface area (Å²) in [6.07, 6.45) is -0.252. The summed E-state index contributed by atoms with van der Waals surface area (Å²) in [6, 6.07) is 4.77. The van der Waals surface area contributed by atoms with Crippen molar-refractivity contribution >= 4 is 23.1 Å². The topological polar surface area (TPSA) is 71.8 Å². The van der Waals surface area contributed by atoms with Gasteiger partial charge in [0.2, 0.25) is 0 Å². The normalized spacial score (nSPS) is 19.0. The molecule has 0 fully saturated rings. The first kappa shape index (κ1) is 18.5. The van der Waals surface area contributed by atoms with E-state index in [-0.39, 0.29) is 24.3 Å². The van der Waals surface area contributed by atoms with Crippen LogP contribution in [0.5, 0.6) is 0 Å². The molecule has 0 saturated heterocycles.